The van der Waals surface area contributed by atoms with Gasteiger partial charge in [0, 0.05) is 54.6 Å². The van der Waals surface area contributed by atoms with Crippen molar-refractivity contribution >= 4 is 28.4 Å². The van der Waals surface area contributed by atoms with Crippen molar-refractivity contribution in [2.75, 3.05) is 37.7 Å². The van der Waals surface area contributed by atoms with Crippen LogP contribution in [0, 0.1) is 13.8 Å². The summed E-state index contributed by atoms with van der Waals surface area (Å²) >= 11 is 0. The minimum Gasteiger partial charge on any atom is -0.395 e. The first-order chi connectivity index (χ1) is 20.3. The van der Waals surface area contributed by atoms with Crippen LogP contribution in [0.3, 0.4) is 0 Å². The number of aliphatic hydroxyl groups is 1. The number of rotatable bonds is 8. The molecule has 1 fully saturated rings. The number of aryl methyl sites for hydroxylation is 1. The Morgan fingerprint density at radius 3 is 2.49 bits per heavy atom. The van der Waals surface area contributed by atoms with Gasteiger partial charge in [-0.2, -0.15) is 5.10 Å². The number of carbonyl (C=O) groups excluding carboxylic acids is 1. The van der Waals surface area contributed by atoms with Gasteiger partial charge in [0.2, 0.25) is 5.91 Å². The molecule has 4 aromatic rings. The molecule has 0 bridgehead atoms. The standard InChI is InChI=1S/C33H48N8O2/c1-10-20(2)29-30(25-17-40-32(34-19-35-40)24(6)23(25)5)36-26-11-12-27(37-31(26)29)38-15-21(3)41(22(4)16-38)28(43)18-39(13-14-42)33(7,8)9/h11-12,17,19-22,36,42H,10,13-16,18H2,1-9H3/t20?,21-,22-/m1/s1. The maximum atomic E-state index is 13.5. The largest absolute Gasteiger partial charge is 0.395 e. The normalized spacial score (nSPS) is 18.8. The Hall–Kier alpha value is -3.50. The first-order valence-electron chi connectivity index (χ1n) is 15.6. The number of carbonyl (C=O) groups is 1. The molecule has 4 aromatic heterocycles. The number of fused-ring (bicyclic) bond motifs is 2. The van der Waals surface area contributed by atoms with Crippen molar-refractivity contribution in [1.29, 1.82) is 0 Å². The molecule has 43 heavy (non-hydrogen) atoms. The van der Waals surface area contributed by atoms with Gasteiger partial charge in [0.05, 0.1) is 29.9 Å². The lowest BCUT2D eigenvalue weighted by atomic mass is 9.93. The number of hydrogen-bond acceptors (Lipinski definition) is 7. The summed E-state index contributed by atoms with van der Waals surface area (Å²) in [7, 11) is 0. The van der Waals surface area contributed by atoms with Gasteiger partial charge >= 0.3 is 0 Å². The fraction of sp³-hybridized carbons (Fsp3) is 0.576. The highest BCUT2D eigenvalue weighted by Gasteiger charge is 2.35. The summed E-state index contributed by atoms with van der Waals surface area (Å²) in [6.45, 7) is 21.5. The van der Waals surface area contributed by atoms with Crippen molar-refractivity contribution in [3.05, 3.63) is 41.3 Å². The van der Waals surface area contributed by atoms with Crippen molar-refractivity contribution in [2.24, 2.45) is 0 Å². The molecule has 0 aliphatic carbocycles. The zero-order valence-electron chi connectivity index (χ0n) is 27.3. The van der Waals surface area contributed by atoms with E-state index in [9.17, 15) is 9.90 Å². The molecule has 2 N–H and O–H groups in total. The first kappa shape index (κ1) is 30.9. The number of aromatic nitrogens is 5. The lowest BCUT2D eigenvalue weighted by Crippen LogP contribution is -2.61. The van der Waals surface area contributed by atoms with E-state index in [1.807, 2.05) is 9.42 Å². The van der Waals surface area contributed by atoms with E-state index in [2.05, 4.69) is 106 Å². The molecule has 10 nitrogen and oxygen atoms in total. The molecule has 232 valence electrons. The Kier molecular flexibility index (Phi) is 8.55. The number of pyridine rings is 2. The number of aromatic amines is 1. The molecule has 1 saturated heterocycles. The summed E-state index contributed by atoms with van der Waals surface area (Å²) in [6, 6.07) is 4.30. The molecule has 0 saturated carbocycles. The van der Waals surface area contributed by atoms with Crippen molar-refractivity contribution in [1.82, 2.24) is 34.4 Å². The van der Waals surface area contributed by atoms with Crippen molar-refractivity contribution < 1.29 is 9.90 Å². The average molecular weight is 589 g/mol. The molecule has 0 aromatic carbocycles. The van der Waals surface area contributed by atoms with E-state index in [-0.39, 0.29) is 30.1 Å². The summed E-state index contributed by atoms with van der Waals surface area (Å²) in [4.78, 5) is 33.4. The number of H-pyrrole nitrogens is 1. The highest BCUT2D eigenvalue weighted by atomic mass is 16.3. The van der Waals surface area contributed by atoms with Crippen LogP contribution < -0.4 is 4.90 Å². The van der Waals surface area contributed by atoms with Crippen molar-refractivity contribution in [3.63, 3.8) is 0 Å². The van der Waals surface area contributed by atoms with Crippen LogP contribution in [0.2, 0.25) is 0 Å². The van der Waals surface area contributed by atoms with E-state index in [1.165, 1.54) is 11.1 Å². The second-order valence-corrected chi connectivity index (χ2v) is 13.3. The monoisotopic (exact) mass is 588 g/mol. The number of hydrogen-bond donors (Lipinski definition) is 2. The molecule has 1 unspecified atom stereocenters. The highest BCUT2D eigenvalue weighted by molar-refractivity contribution is 5.90. The van der Waals surface area contributed by atoms with E-state index in [0.29, 0.717) is 32.1 Å². The van der Waals surface area contributed by atoms with E-state index >= 15 is 0 Å². The number of amides is 1. The predicted octanol–water partition coefficient (Wildman–Crippen LogP) is 4.92. The van der Waals surface area contributed by atoms with Crippen LogP contribution in [0.15, 0.2) is 24.7 Å². The molecule has 1 amide bonds. The van der Waals surface area contributed by atoms with E-state index in [1.54, 1.807) is 6.33 Å². The summed E-state index contributed by atoms with van der Waals surface area (Å²) in [5.41, 5.74) is 8.44. The van der Waals surface area contributed by atoms with Gasteiger partial charge in [-0.15, -0.1) is 0 Å². The van der Waals surface area contributed by atoms with Crippen molar-refractivity contribution in [3.8, 4) is 11.3 Å². The molecular weight excluding hydrogens is 540 g/mol. The quantitative estimate of drug-likeness (QED) is 0.301. The minimum atomic E-state index is -0.201. The SMILES string of the molecule is CCC(C)c1c(-c2cn3ncnc3c(C)c2C)[nH]c2ccc(N3C[C@@H](C)N(C(=O)CN(CCO)C(C)(C)C)[C@H](C)C3)nc12. The van der Waals surface area contributed by atoms with Crippen LogP contribution >= 0.6 is 0 Å². The van der Waals surface area contributed by atoms with Gasteiger partial charge in [0.15, 0.2) is 5.65 Å². The summed E-state index contributed by atoms with van der Waals surface area (Å²) in [5.74, 6) is 1.34. The molecule has 5 rings (SSSR count). The second-order valence-electron chi connectivity index (χ2n) is 13.3. The third-order valence-electron chi connectivity index (χ3n) is 9.34. The fourth-order valence-electron chi connectivity index (χ4n) is 6.62. The van der Waals surface area contributed by atoms with E-state index in [4.69, 9.17) is 4.98 Å². The maximum absolute atomic E-state index is 13.5. The van der Waals surface area contributed by atoms with Gasteiger partial charge in [-0.25, -0.2) is 14.5 Å². The number of piperazine rings is 1. The van der Waals surface area contributed by atoms with Gasteiger partial charge in [0.25, 0.3) is 0 Å². The zero-order chi connectivity index (χ0) is 31.2. The lowest BCUT2D eigenvalue weighted by molar-refractivity contribution is -0.138. The molecule has 1 aliphatic heterocycles. The number of aliphatic hydroxyl groups excluding tert-OH is 1. The van der Waals surface area contributed by atoms with Gasteiger partial charge in [-0.1, -0.05) is 13.8 Å². The van der Waals surface area contributed by atoms with Crippen LogP contribution in [0.4, 0.5) is 5.82 Å². The minimum absolute atomic E-state index is 0.0283. The molecule has 0 spiro atoms. The van der Waals surface area contributed by atoms with Crippen LogP contribution in [0.25, 0.3) is 27.9 Å². The molecule has 10 heteroatoms. The highest BCUT2D eigenvalue weighted by Crippen LogP contribution is 2.39. The average Bonchev–Trinajstić information content (AvgIpc) is 3.58. The zero-order valence-corrected chi connectivity index (χ0v) is 27.3. The Labute approximate surface area is 255 Å². The number of nitrogens with one attached hydrogen (secondary N) is 1. The third kappa shape index (κ3) is 5.74. The molecule has 1 aliphatic rings. The van der Waals surface area contributed by atoms with Gasteiger partial charge in [-0.05, 0) is 84.1 Å². The molecule has 0 radical (unpaired) electrons. The van der Waals surface area contributed by atoms with Crippen LogP contribution in [-0.2, 0) is 4.79 Å². The number of nitrogens with zero attached hydrogens (tertiary/aromatic N) is 7. The summed E-state index contributed by atoms with van der Waals surface area (Å²) in [6.07, 6.45) is 4.67. The number of anilines is 1. The van der Waals surface area contributed by atoms with Gasteiger partial charge in [0.1, 0.15) is 12.1 Å². The maximum Gasteiger partial charge on any atom is 0.237 e. The van der Waals surface area contributed by atoms with Crippen LogP contribution in [0.5, 0.6) is 0 Å². The third-order valence-corrected chi connectivity index (χ3v) is 9.34. The lowest BCUT2D eigenvalue weighted by Gasteiger charge is -2.46. The van der Waals surface area contributed by atoms with E-state index in [0.717, 1.165) is 45.7 Å². The molecule has 3 atom stereocenters. The first-order valence-corrected chi connectivity index (χ1v) is 15.6. The topological polar surface area (TPSA) is 106 Å². The van der Waals surface area contributed by atoms with Crippen molar-refractivity contribution in [2.45, 2.75) is 92.3 Å². The Morgan fingerprint density at radius 2 is 1.86 bits per heavy atom. The predicted molar refractivity (Wildman–Crippen MR) is 173 cm³/mol. The van der Waals surface area contributed by atoms with E-state index < -0.39 is 0 Å². The fourth-order valence-corrected chi connectivity index (χ4v) is 6.62. The Balaban J connectivity index is 1.47. The van der Waals surface area contributed by atoms with Crippen LogP contribution in [0.1, 0.15) is 77.5 Å². The Bertz CT molecular complexity index is 1600. The molecule has 5 heterocycles. The Morgan fingerprint density at radius 1 is 1.16 bits per heavy atom. The number of β-amino-alcohol motifs (C(OH)–C–C–N with tert-alkyl or cyclic N) is 1. The summed E-state index contributed by atoms with van der Waals surface area (Å²) in [5, 5.41) is 14.0. The van der Waals surface area contributed by atoms with Gasteiger partial charge in [-0.3, -0.25) is 9.69 Å². The van der Waals surface area contributed by atoms with Gasteiger partial charge < -0.3 is 19.9 Å². The smallest absolute Gasteiger partial charge is 0.237 e. The second kappa shape index (κ2) is 11.9. The molecular formula is C33H48N8O2. The summed E-state index contributed by atoms with van der Waals surface area (Å²) < 4.78 is 1.86. The van der Waals surface area contributed by atoms with Crippen LogP contribution in [-0.4, -0.2) is 95.8 Å².